The maximum absolute atomic E-state index is 14.0. The Kier molecular flexibility index (Phi) is 5.90. The van der Waals surface area contributed by atoms with Crippen molar-refractivity contribution in [1.29, 1.82) is 0 Å². The van der Waals surface area contributed by atoms with Crippen molar-refractivity contribution in [1.82, 2.24) is 10.3 Å². The van der Waals surface area contributed by atoms with Gasteiger partial charge in [-0.2, -0.15) is 0 Å². The lowest BCUT2D eigenvalue weighted by Crippen LogP contribution is -2.67. The molecular weight excluding hydrogens is 506 g/mol. The summed E-state index contributed by atoms with van der Waals surface area (Å²) in [5.74, 6) is -6.72. The van der Waals surface area contributed by atoms with Crippen molar-refractivity contribution >= 4 is 23.2 Å². The number of carbonyl (C=O) groups excluding carboxylic acids is 3. The third kappa shape index (κ3) is 3.64. The highest BCUT2D eigenvalue weighted by Crippen LogP contribution is 2.53. The van der Waals surface area contributed by atoms with E-state index < -0.39 is 58.0 Å². The second-order valence-corrected chi connectivity index (χ2v) is 10.7. The molecule has 1 saturated heterocycles. The smallest absolute Gasteiger partial charge is 0.255 e. The Hall–Kier alpha value is -3.93. The van der Waals surface area contributed by atoms with Gasteiger partial charge in [-0.05, 0) is 61.4 Å². The van der Waals surface area contributed by atoms with E-state index >= 15 is 0 Å². The molecule has 0 spiro atoms. The van der Waals surface area contributed by atoms with Crippen LogP contribution in [0.3, 0.4) is 0 Å². The minimum atomic E-state index is -2.68. The third-order valence-electron chi connectivity index (χ3n) is 8.61. The zero-order chi connectivity index (χ0) is 27.6. The van der Waals surface area contributed by atoms with Crippen molar-refractivity contribution in [3.05, 3.63) is 58.5 Å². The summed E-state index contributed by atoms with van der Waals surface area (Å²) >= 11 is 0. The molecule has 11 nitrogen and oxygen atoms in total. The Labute approximate surface area is 223 Å². The molecule has 8 N–H and O–H groups in total. The molecule has 39 heavy (non-hydrogen) atoms. The number of ketones is 2. The number of carbonyl (C=O) groups is 3. The van der Waals surface area contributed by atoms with Gasteiger partial charge in [0.25, 0.3) is 5.91 Å². The molecule has 3 aliphatic carbocycles. The first-order chi connectivity index (χ1) is 18.6. The highest BCUT2D eigenvalue weighted by molar-refractivity contribution is 6.24. The van der Waals surface area contributed by atoms with Crippen LogP contribution in [0.15, 0.2) is 47.4 Å². The van der Waals surface area contributed by atoms with Crippen molar-refractivity contribution in [2.24, 2.45) is 17.6 Å². The molecule has 2 fully saturated rings. The van der Waals surface area contributed by atoms with Crippen molar-refractivity contribution < 1.29 is 39.5 Å². The lowest BCUT2D eigenvalue weighted by Gasteiger charge is -2.49. The van der Waals surface area contributed by atoms with Gasteiger partial charge in [0, 0.05) is 48.2 Å². The van der Waals surface area contributed by atoms with E-state index in [-0.39, 0.29) is 35.8 Å². The van der Waals surface area contributed by atoms with E-state index in [9.17, 15) is 34.8 Å². The second-order valence-electron chi connectivity index (χ2n) is 10.7. The number of nitrogens with two attached hydrogens (primary N) is 1. The number of primary amides is 1. The number of aromatic hydroxyl groups is 1. The van der Waals surface area contributed by atoms with Gasteiger partial charge in [-0.15, -0.1) is 0 Å². The van der Waals surface area contributed by atoms with E-state index in [1.54, 1.807) is 12.3 Å². The number of aromatic amines is 1. The Bertz CT molecular complexity index is 1450. The number of benzene rings is 1. The molecule has 4 atom stereocenters. The summed E-state index contributed by atoms with van der Waals surface area (Å²) in [6, 6.07) is 5.41. The molecule has 2 heterocycles. The molecule has 0 radical (unpaired) electrons. The van der Waals surface area contributed by atoms with Crippen LogP contribution in [0.2, 0.25) is 0 Å². The van der Waals surface area contributed by atoms with Crippen LogP contribution in [0.25, 0.3) is 17.0 Å². The number of amides is 1. The van der Waals surface area contributed by atoms with E-state index in [0.717, 1.165) is 11.3 Å². The highest BCUT2D eigenvalue weighted by Gasteiger charge is 2.64. The molecule has 2 aromatic rings. The van der Waals surface area contributed by atoms with Crippen LogP contribution in [-0.4, -0.2) is 73.8 Å². The largest absolute Gasteiger partial charge is 0.508 e. The highest BCUT2D eigenvalue weighted by atomic mass is 16.5. The maximum atomic E-state index is 14.0. The fraction of sp³-hybridized carbons (Fsp3) is 0.393. The van der Waals surface area contributed by atoms with E-state index in [0.29, 0.717) is 31.6 Å². The summed E-state index contributed by atoms with van der Waals surface area (Å²) in [4.78, 5) is 42.9. The van der Waals surface area contributed by atoms with E-state index in [1.807, 2.05) is 12.1 Å². The summed E-state index contributed by atoms with van der Waals surface area (Å²) in [6.45, 7) is 0.919. The first-order valence-corrected chi connectivity index (χ1v) is 12.9. The molecule has 11 heteroatoms. The molecule has 4 aliphatic rings. The number of fused-ring (bicyclic) bond motifs is 3. The molecule has 1 aromatic carbocycles. The van der Waals surface area contributed by atoms with E-state index in [1.165, 1.54) is 6.07 Å². The van der Waals surface area contributed by atoms with Gasteiger partial charge in [0.2, 0.25) is 5.78 Å². The zero-order valence-electron chi connectivity index (χ0n) is 20.9. The summed E-state index contributed by atoms with van der Waals surface area (Å²) in [5, 5.41) is 48.1. The number of Topliss-reactive ketones (excluding diaryl/α,β-unsaturated/α-hetero) is 2. The Balaban J connectivity index is 1.51. The van der Waals surface area contributed by atoms with Gasteiger partial charge in [-0.3, -0.25) is 14.4 Å². The molecule has 1 saturated carbocycles. The predicted molar refractivity (Wildman–Crippen MR) is 137 cm³/mol. The van der Waals surface area contributed by atoms with Gasteiger partial charge >= 0.3 is 0 Å². The van der Waals surface area contributed by atoms with Crippen LogP contribution < -0.4 is 11.1 Å². The van der Waals surface area contributed by atoms with Crippen LogP contribution in [0, 0.1) is 11.8 Å². The van der Waals surface area contributed by atoms with Crippen molar-refractivity contribution in [2.75, 3.05) is 13.2 Å². The fourth-order valence-corrected chi connectivity index (χ4v) is 6.74. The van der Waals surface area contributed by atoms with E-state index in [2.05, 4.69) is 10.3 Å². The van der Waals surface area contributed by atoms with Crippen molar-refractivity contribution in [3.8, 4) is 17.0 Å². The van der Waals surface area contributed by atoms with Crippen LogP contribution >= 0.6 is 0 Å². The minimum absolute atomic E-state index is 0.0314. The number of ether oxygens (including phenoxy) is 1. The van der Waals surface area contributed by atoms with Gasteiger partial charge < -0.3 is 41.2 Å². The average Bonchev–Trinajstić information content (AvgIpc) is 3.44. The Morgan fingerprint density at radius 2 is 1.87 bits per heavy atom. The minimum Gasteiger partial charge on any atom is -0.508 e. The number of nitrogens with one attached hydrogen (secondary N) is 2. The molecule has 0 unspecified atom stereocenters. The lowest BCUT2D eigenvalue weighted by molar-refractivity contribution is -0.150. The lowest BCUT2D eigenvalue weighted by atomic mass is 9.57. The quantitative estimate of drug-likeness (QED) is 0.281. The number of aliphatic hydroxyl groups excluding tert-OH is 2. The number of hydrogen-bond acceptors (Lipinski definition) is 9. The van der Waals surface area contributed by atoms with E-state index in [4.69, 9.17) is 10.5 Å². The Morgan fingerprint density at radius 1 is 1.13 bits per heavy atom. The van der Waals surface area contributed by atoms with Crippen molar-refractivity contribution in [3.63, 3.8) is 0 Å². The standard InChI is InChI=1S/C28H29N3O8/c29-27(37)21-24(34)22(31-13-5-8-39-9-6-13)16-11-12-10-15-14(17-2-1-7-30-17)3-4-18(32)20(15)23(33)19(12)25(35)28(16,38)26(21)36/h1-4,7,12-13,16,22,30-33,36,38H,5-6,8-11H2,(H2,29,37)/t12-,16-,22+,28-/m0/s1. The summed E-state index contributed by atoms with van der Waals surface area (Å²) in [7, 11) is 0. The fourth-order valence-electron chi connectivity index (χ4n) is 6.74. The molecule has 1 aliphatic heterocycles. The van der Waals surface area contributed by atoms with Crippen LogP contribution in [-0.2, 0) is 25.5 Å². The number of phenols is 1. The molecule has 1 amide bonds. The summed E-state index contributed by atoms with van der Waals surface area (Å²) in [5.41, 5.74) is 3.89. The van der Waals surface area contributed by atoms with Gasteiger partial charge in [0.05, 0.1) is 11.6 Å². The number of H-pyrrole nitrogens is 1. The van der Waals surface area contributed by atoms with Crippen LogP contribution in [0.4, 0.5) is 0 Å². The summed E-state index contributed by atoms with van der Waals surface area (Å²) in [6.07, 6.45) is 3.15. The average molecular weight is 536 g/mol. The van der Waals surface area contributed by atoms with Gasteiger partial charge in [-0.25, -0.2) is 0 Å². The summed E-state index contributed by atoms with van der Waals surface area (Å²) < 4.78 is 5.39. The van der Waals surface area contributed by atoms with Gasteiger partial charge in [-0.1, -0.05) is 0 Å². The molecule has 1 aromatic heterocycles. The number of hydrogen-bond donors (Lipinski definition) is 7. The number of aliphatic hydroxyl groups is 3. The first-order valence-electron chi connectivity index (χ1n) is 12.9. The van der Waals surface area contributed by atoms with Gasteiger partial charge in [0.1, 0.15) is 22.8 Å². The van der Waals surface area contributed by atoms with Gasteiger partial charge in [0.15, 0.2) is 11.4 Å². The normalized spacial score (nSPS) is 29.2. The van der Waals surface area contributed by atoms with Crippen molar-refractivity contribution in [2.45, 2.75) is 43.4 Å². The molecular formula is C28H29N3O8. The zero-order valence-corrected chi connectivity index (χ0v) is 20.9. The number of rotatable bonds is 4. The monoisotopic (exact) mass is 535 g/mol. The Morgan fingerprint density at radius 3 is 2.54 bits per heavy atom. The maximum Gasteiger partial charge on any atom is 0.255 e. The first kappa shape index (κ1) is 25.4. The van der Waals surface area contributed by atoms with Crippen LogP contribution in [0.5, 0.6) is 5.75 Å². The number of aromatic nitrogens is 1. The molecule has 6 rings (SSSR count). The molecule has 0 bridgehead atoms. The molecule has 204 valence electrons. The topological polar surface area (TPSA) is 195 Å². The second kappa shape index (κ2) is 9.08. The predicted octanol–water partition coefficient (Wildman–Crippen LogP) is 1.17. The van der Waals surface area contributed by atoms with Crippen LogP contribution in [0.1, 0.15) is 30.4 Å². The number of phenolic OH excluding ortho intramolecular Hbond substituents is 1. The SMILES string of the molecule is NC(=O)C1=C(O)[C@@]2(O)C(=O)C3=C(O)c4c(O)ccc(-c5ccc[nH]5)c4C[C@H]3C[C@H]2[C@@H](NC2CCOCC2)C1=O. The third-order valence-corrected chi connectivity index (χ3v) is 8.61.